The maximum Gasteiger partial charge on any atom is 0.0279 e. The third kappa shape index (κ3) is 2.27. The molecular formula is C8H20N2. The van der Waals surface area contributed by atoms with Gasteiger partial charge in [0.2, 0.25) is 0 Å². The first-order valence-electron chi connectivity index (χ1n) is 3.96. The SMILES string of the molecule is CCC(C)(N)C(N)C(C)C. The smallest absolute Gasteiger partial charge is 0.0279 e. The fourth-order valence-corrected chi connectivity index (χ4v) is 0.997. The van der Waals surface area contributed by atoms with Gasteiger partial charge in [-0.1, -0.05) is 20.8 Å². The molecule has 0 aromatic carbocycles. The van der Waals surface area contributed by atoms with Crippen LogP contribution >= 0.6 is 0 Å². The summed E-state index contributed by atoms with van der Waals surface area (Å²) in [5.74, 6) is 0.468. The van der Waals surface area contributed by atoms with Crippen LogP contribution in [0.5, 0.6) is 0 Å². The summed E-state index contributed by atoms with van der Waals surface area (Å²) in [5.41, 5.74) is 11.6. The highest BCUT2D eigenvalue weighted by Gasteiger charge is 2.26. The van der Waals surface area contributed by atoms with Crippen LogP contribution in [0.4, 0.5) is 0 Å². The van der Waals surface area contributed by atoms with Crippen LogP contribution in [0.15, 0.2) is 0 Å². The Balaban J connectivity index is 4.03. The molecule has 0 aromatic heterocycles. The Morgan fingerprint density at radius 1 is 1.40 bits per heavy atom. The molecule has 2 atom stereocenters. The van der Waals surface area contributed by atoms with Gasteiger partial charge in [0.1, 0.15) is 0 Å². The van der Waals surface area contributed by atoms with Crippen molar-refractivity contribution in [2.75, 3.05) is 0 Å². The summed E-state index contributed by atoms with van der Waals surface area (Å²) in [6.45, 7) is 8.29. The zero-order chi connectivity index (χ0) is 8.36. The van der Waals surface area contributed by atoms with Crippen LogP contribution in [0.3, 0.4) is 0 Å². The van der Waals surface area contributed by atoms with Gasteiger partial charge in [0, 0.05) is 11.6 Å². The van der Waals surface area contributed by atoms with Gasteiger partial charge in [-0.3, -0.25) is 0 Å². The monoisotopic (exact) mass is 144 g/mol. The minimum atomic E-state index is -0.200. The molecule has 0 aliphatic rings. The molecule has 4 N–H and O–H groups in total. The Bertz CT molecular complexity index is 97.4. The van der Waals surface area contributed by atoms with E-state index in [0.29, 0.717) is 5.92 Å². The van der Waals surface area contributed by atoms with Crippen molar-refractivity contribution in [1.82, 2.24) is 0 Å². The molecule has 0 aromatic rings. The van der Waals surface area contributed by atoms with E-state index >= 15 is 0 Å². The summed E-state index contributed by atoms with van der Waals surface area (Å²) in [7, 11) is 0. The van der Waals surface area contributed by atoms with E-state index in [1.807, 2.05) is 6.92 Å². The minimum Gasteiger partial charge on any atom is -0.326 e. The molecule has 0 aliphatic carbocycles. The maximum absolute atomic E-state index is 5.94. The fourth-order valence-electron chi connectivity index (χ4n) is 0.997. The Hall–Kier alpha value is -0.0800. The molecule has 0 rings (SSSR count). The molecule has 2 heteroatoms. The summed E-state index contributed by atoms with van der Waals surface area (Å²) < 4.78 is 0. The average Bonchev–Trinajstić information content (AvgIpc) is 1.86. The molecule has 62 valence electrons. The summed E-state index contributed by atoms with van der Waals surface area (Å²) in [5, 5.41) is 0. The number of hydrogen-bond donors (Lipinski definition) is 2. The zero-order valence-corrected chi connectivity index (χ0v) is 7.52. The minimum absolute atomic E-state index is 0.109. The number of rotatable bonds is 3. The third-order valence-corrected chi connectivity index (χ3v) is 2.24. The lowest BCUT2D eigenvalue weighted by Gasteiger charge is -2.32. The van der Waals surface area contributed by atoms with Crippen LogP contribution in [0, 0.1) is 5.92 Å². The fraction of sp³-hybridized carbons (Fsp3) is 1.00. The van der Waals surface area contributed by atoms with Gasteiger partial charge in [-0.2, -0.15) is 0 Å². The van der Waals surface area contributed by atoms with Gasteiger partial charge in [-0.15, -0.1) is 0 Å². The van der Waals surface area contributed by atoms with Crippen molar-refractivity contribution in [2.24, 2.45) is 17.4 Å². The maximum atomic E-state index is 5.94. The van der Waals surface area contributed by atoms with Crippen LogP contribution in [0.2, 0.25) is 0 Å². The summed E-state index contributed by atoms with van der Waals surface area (Å²) in [6.07, 6.45) is 0.937. The molecule has 0 fully saturated rings. The number of hydrogen-bond acceptors (Lipinski definition) is 2. The first-order chi connectivity index (χ1) is 4.41. The third-order valence-electron chi connectivity index (χ3n) is 2.24. The first-order valence-corrected chi connectivity index (χ1v) is 3.96. The Morgan fingerprint density at radius 2 is 1.80 bits per heavy atom. The van der Waals surface area contributed by atoms with Crippen molar-refractivity contribution >= 4 is 0 Å². The van der Waals surface area contributed by atoms with E-state index in [4.69, 9.17) is 11.5 Å². The predicted molar refractivity (Wildman–Crippen MR) is 45.7 cm³/mol. The molecule has 10 heavy (non-hydrogen) atoms. The van der Waals surface area contributed by atoms with E-state index in [1.165, 1.54) is 0 Å². The molecule has 0 spiro atoms. The first kappa shape index (κ1) is 9.92. The lowest BCUT2D eigenvalue weighted by molar-refractivity contribution is 0.299. The van der Waals surface area contributed by atoms with Gasteiger partial charge >= 0.3 is 0 Å². The van der Waals surface area contributed by atoms with E-state index in [2.05, 4.69) is 20.8 Å². The summed E-state index contributed by atoms with van der Waals surface area (Å²) in [4.78, 5) is 0. The van der Waals surface area contributed by atoms with E-state index in [0.717, 1.165) is 6.42 Å². The van der Waals surface area contributed by atoms with E-state index in [-0.39, 0.29) is 11.6 Å². The van der Waals surface area contributed by atoms with E-state index in [1.54, 1.807) is 0 Å². The Labute approximate surface area is 64.0 Å². The predicted octanol–water partition coefficient (Wildman–Crippen LogP) is 1.10. The average molecular weight is 144 g/mol. The second-order valence-electron chi connectivity index (χ2n) is 3.63. The molecule has 0 amide bonds. The van der Waals surface area contributed by atoms with E-state index in [9.17, 15) is 0 Å². The lowest BCUT2D eigenvalue weighted by Crippen LogP contribution is -2.55. The molecule has 0 saturated heterocycles. The van der Waals surface area contributed by atoms with Gasteiger partial charge in [-0.25, -0.2) is 0 Å². The van der Waals surface area contributed by atoms with Gasteiger partial charge in [-0.05, 0) is 19.3 Å². The van der Waals surface area contributed by atoms with Gasteiger partial charge in [0.15, 0.2) is 0 Å². The second-order valence-corrected chi connectivity index (χ2v) is 3.63. The van der Waals surface area contributed by atoms with Crippen molar-refractivity contribution in [3.8, 4) is 0 Å². The molecule has 0 saturated carbocycles. The number of nitrogens with two attached hydrogens (primary N) is 2. The van der Waals surface area contributed by atoms with Crippen LogP contribution in [0.25, 0.3) is 0 Å². The Kier molecular flexibility index (Phi) is 3.33. The normalized spacial score (nSPS) is 20.7. The quantitative estimate of drug-likeness (QED) is 0.623. The van der Waals surface area contributed by atoms with E-state index < -0.39 is 0 Å². The second kappa shape index (κ2) is 3.35. The van der Waals surface area contributed by atoms with Crippen molar-refractivity contribution in [3.63, 3.8) is 0 Å². The van der Waals surface area contributed by atoms with Gasteiger partial charge in [0.05, 0.1) is 0 Å². The topological polar surface area (TPSA) is 52.0 Å². The highest BCUT2D eigenvalue weighted by atomic mass is 14.8. The van der Waals surface area contributed by atoms with Crippen LogP contribution < -0.4 is 11.5 Å². The molecule has 2 unspecified atom stereocenters. The lowest BCUT2D eigenvalue weighted by atomic mass is 9.84. The molecule has 0 bridgehead atoms. The van der Waals surface area contributed by atoms with Gasteiger partial charge in [0.25, 0.3) is 0 Å². The van der Waals surface area contributed by atoms with Crippen molar-refractivity contribution in [2.45, 2.75) is 45.7 Å². The largest absolute Gasteiger partial charge is 0.326 e. The Morgan fingerprint density at radius 3 is 1.90 bits per heavy atom. The van der Waals surface area contributed by atoms with Crippen LogP contribution in [0.1, 0.15) is 34.1 Å². The highest BCUT2D eigenvalue weighted by Crippen LogP contribution is 2.15. The van der Waals surface area contributed by atoms with Crippen LogP contribution in [-0.4, -0.2) is 11.6 Å². The van der Waals surface area contributed by atoms with Crippen molar-refractivity contribution in [1.29, 1.82) is 0 Å². The molecule has 0 aliphatic heterocycles. The molecular weight excluding hydrogens is 124 g/mol. The zero-order valence-electron chi connectivity index (χ0n) is 7.52. The van der Waals surface area contributed by atoms with Crippen molar-refractivity contribution in [3.05, 3.63) is 0 Å². The molecule has 0 radical (unpaired) electrons. The van der Waals surface area contributed by atoms with Crippen LogP contribution in [-0.2, 0) is 0 Å². The molecule has 0 heterocycles. The van der Waals surface area contributed by atoms with Crippen molar-refractivity contribution < 1.29 is 0 Å². The summed E-state index contributed by atoms with van der Waals surface area (Å²) in [6, 6.07) is 0.109. The standard InChI is InChI=1S/C8H20N2/c1-5-8(4,10)7(9)6(2)3/h6-7H,5,9-10H2,1-4H3. The highest BCUT2D eigenvalue weighted by molar-refractivity contribution is 4.90. The summed E-state index contributed by atoms with van der Waals surface area (Å²) >= 11 is 0. The van der Waals surface area contributed by atoms with Gasteiger partial charge < -0.3 is 11.5 Å². The molecule has 2 nitrogen and oxygen atoms in total.